The van der Waals surface area contributed by atoms with Gasteiger partial charge in [0.1, 0.15) is 23.2 Å². The summed E-state index contributed by atoms with van der Waals surface area (Å²) in [5, 5.41) is 5.46. The standard InChI is InChI=1S/C26H26F4N8O/c1-35(2)24-21(29)19(27)18(20(28)22(24)30)26(39)36-7-4-15(5-8-36)37-11-16(12-37)38-10-14(9-34-38)23-17-3-6-31-25(17)33-13-32-23/h3,6,9-10,13,15-16H,4-5,7-8,11-12H2,1-2H3,(H,31,32,33). The molecule has 204 valence electrons. The quantitative estimate of drug-likeness (QED) is 0.307. The van der Waals surface area contributed by atoms with Crippen LogP contribution in [-0.4, -0.2) is 86.8 Å². The third kappa shape index (κ3) is 4.20. The molecule has 0 aliphatic carbocycles. The average molecular weight is 543 g/mol. The largest absolute Gasteiger partial charge is 0.373 e. The van der Waals surface area contributed by atoms with E-state index in [1.165, 1.54) is 25.3 Å². The third-order valence-corrected chi connectivity index (χ3v) is 7.66. The second kappa shape index (κ2) is 9.63. The number of hydrogen-bond acceptors (Lipinski definition) is 6. The Bertz CT molecular complexity index is 1520. The highest BCUT2D eigenvalue weighted by molar-refractivity contribution is 5.95. The van der Waals surface area contributed by atoms with E-state index in [2.05, 4.69) is 25.0 Å². The van der Waals surface area contributed by atoms with Crippen LogP contribution < -0.4 is 4.90 Å². The van der Waals surface area contributed by atoms with Crippen molar-refractivity contribution in [3.8, 4) is 11.3 Å². The molecule has 6 rings (SSSR count). The van der Waals surface area contributed by atoms with E-state index in [0.29, 0.717) is 12.8 Å². The van der Waals surface area contributed by atoms with Crippen LogP contribution in [0, 0.1) is 23.3 Å². The minimum Gasteiger partial charge on any atom is -0.373 e. The molecular formula is C26H26F4N8O. The van der Waals surface area contributed by atoms with Crippen molar-refractivity contribution in [3.63, 3.8) is 0 Å². The number of H-pyrrole nitrogens is 1. The second-order valence-corrected chi connectivity index (χ2v) is 10.2. The lowest BCUT2D eigenvalue weighted by Crippen LogP contribution is -2.56. The number of rotatable bonds is 5. The number of piperidine rings is 1. The number of carbonyl (C=O) groups excluding carboxylic acids is 1. The van der Waals surface area contributed by atoms with Gasteiger partial charge in [0.05, 0.1) is 17.9 Å². The maximum atomic E-state index is 14.6. The van der Waals surface area contributed by atoms with Crippen LogP contribution in [0.3, 0.4) is 0 Å². The van der Waals surface area contributed by atoms with Gasteiger partial charge in [-0.3, -0.25) is 14.4 Å². The molecule has 0 atom stereocenters. The lowest BCUT2D eigenvalue weighted by molar-refractivity contribution is 0.0195. The zero-order valence-electron chi connectivity index (χ0n) is 21.3. The fraction of sp³-hybridized carbons (Fsp3) is 0.385. The van der Waals surface area contributed by atoms with E-state index in [1.54, 1.807) is 6.20 Å². The molecule has 39 heavy (non-hydrogen) atoms. The van der Waals surface area contributed by atoms with Gasteiger partial charge in [0.25, 0.3) is 5.91 Å². The highest BCUT2D eigenvalue weighted by Crippen LogP contribution is 2.33. The Morgan fingerprint density at radius 3 is 2.36 bits per heavy atom. The van der Waals surface area contributed by atoms with Gasteiger partial charge in [-0.25, -0.2) is 27.5 Å². The maximum Gasteiger partial charge on any atom is 0.260 e. The summed E-state index contributed by atoms with van der Waals surface area (Å²) in [5.41, 5.74) is 0.432. The Balaban J connectivity index is 1.07. The van der Waals surface area contributed by atoms with Crippen LogP contribution in [0.2, 0.25) is 0 Å². The van der Waals surface area contributed by atoms with Crippen molar-refractivity contribution in [2.45, 2.75) is 24.9 Å². The first-order chi connectivity index (χ1) is 18.7. The molecule has 2 aliphatic rings. The van der Waals surface area contributed by atoms with E-state index in [1.807, 2.05) is 23.1 Å². The van der Waals surface area contributed by atoms with Gasteiger partial charge in [-0.1, -0.05) is 0 Å². The summed E-state index contributed by atoms with van der Waals surface area (Å²) in [5.74, 6) is -7.55. The number of halogens is 4. The first kappa shape index (κ1) is 25.3. The van der Waals surface area contributed by atoms with Crippen LogP contribution in [-0.2, 0) is 0 Å². The number of likely N-dealkylation sites (tertiary alicyclic amines) is 2. The second-order valence-electron chi connectivity index (χ2n) is 10.2. The number of hydrogen-bond donors (Lipinski definition) is 1. The Morgan fingerprint density at radius 1 is 1.00 bits per heavy atom. The number of amides is 1. The summed E-state index contributed by atoms with van der Waals surface area (Å²) in [4.78, 5) is 29.1. The lowest BCUT2D eigenvalue weighted by Gasteiger charge is -2.47. The number of fused-ring (bicyclic) bond motifs is 1. The molecule has 9 nitrogen and oxygen atoms in total. The van der Waals surface area contributed by atoms with Crippen molar-refractivity contribution < 1.29 is 22.4 Å². The Labute approximate surface area is 221 Å². The van der Waals surface area contributed by atoms with Crippen LogP contribution >= 0.6 is 0 Å². The molecule has 2 fully saturated rings. The molecule has 0 radical (unpaired) electrons. The van der Waals surface area contributed by atoms with Gasteiger partial charge < -0.3 is 14.8 Å². The lowest BCUT2D eigenvalue weighted by atomic mass is 9.97. The third-order valence-electron chi connectivity index (χ3n) is 7.66. The molecular weight excluding hydrogens is 516 g/mol. The Kier molecular flexibility index (Phi) is 6.25. The van der Waals surface area contributed by atoms with Crippen molar-refractivity contribution in [1.29, 1.82) is 0 Å². The van der Waals surface area contributed by atoms with Crippen molar-refractivity contribution >= 4 is 22.6 Å². The summed E-state index contributed by atoms with van der Waals surface area (Å²) < 4.78 is 60.0. The highest BCUT2D eigenvalue weighted by atomic mass is 19.2. The molecule has 0 bridgehead atoms. The van der Waals surface area contributed by atoms with Gasteiger partial charge in [-0.15, -0.1) is 0 Å². The van der Waals surface area contributed by atoms with Crippen LogP contribution in [0.1, 0.15) is 29.2 Å². The van der Waals surface area contributed by atoms with Crippen molar-refractivity contribution in [1.82, 2.24) is 34.5 Å². The van der Waals surface area contributed by atoms with E-state index in [-0.39, 0.29) is 25.2 Å². The fourth-order valence-electron chi connectivity index (χ4n) is 5.51. The van der Waals surface area contributed by atoms with Gasteiger partial charge in [0.15, 0.2) is 23.3 Å². The molecule has 1 aromatic carbocycles. The molecule has 13 heteroatoms. The molecule has 0 unspecified atom stereocenters. The summed E-state index contributed by atoms with van der Waals surface area (Å²) in [7, 11) is 2.52. The predicted octanol–water partition coefficient (Wildman–Crippen LogP) is 3.61. The number of nitrogens with one attached hydrogen (secondary N) is 1. The zero-order valence-corrected chi connectivity index (χ0v) is 21.3. The van der Waals surface area contributed by atoms with E-state index >= 15 is 0 Å². The molecule has 1 N–H and O–H groups in total. The van der Waals surface area contributed by atoms with Gasteiger partial charge >= 0.3 is 0 Å². The van der Waals surface area contributed by atoms with Crippen molar-refractivity contribution in [2.75, 3.05) is 45.2 Å². The fourth-order valence-corrected chi connectivity index (χ4v) is 5.51. The summed E-state index contributed by atoms with van der Waals surface area (Å²) >= 11 is 0. The summed E-state index contributed by atoms with van der Waals surface area (Å²) in [6, 6.07) is 2.30. The maximum absolute atomic E-state index is 14.6. The summed E-state index contributed by atoms with van der Waals surface area (Å²) in [6.07, 6.45) is 8.26. The molecule has 1 amide bonds. The molecule has 0 saturated carbocycles. The van der Waals surface area contributed by atoms with E-state index in [9.17, 15) is 22.4 Å². The van der Waals surface area contributed by atoms with E-state index in [0.717, 1.165) is 40.3 Å². The van der Waals surface area contributed by atoms with Gasteiger partial charge in [-0.05, 0) is 18.9 Å². The SMILES string of the molecule is CN(C)c1c(F)c(F)c(C(=O)N2CCC(N3CC(n4cc(-c5ncnc6[nH]ccc56)cn4)C3)CC2)c(F)c1F. The zero-order chi connectivity index (χ0) is 27.4. The van der Waals surface area contributed by atoms with E-state index in [4.69, 9.17) is 0 Å². The molecule has 2 aliphatic heterocycles. The van der Waals surface area contributed by atoms with Gasteiger partial charge in [0.2, 0.25) is 0 Å². The van der Waals surface area contributed by atoms with Crippen LogP contribution in [0.4, 0.5) is 23.2 Å². The molecule has 5 heterocycles. The predicted molar refractivity (Wildman–Crippen MR) is 135 cm³/mol. The first-order valence-corrected chi connectivity index (χ1v) is 12.6. The minimum absolute atomic E-state index is 0.181. The number of aromatic nitrogens is 5. The number of anilines is 1. The summed E-state index contributed by atoms with van der Waals surface area (Å²) in [6.45, 7) is 2.01. The van der Waals surface area contributed by atoms with Crippen molar-refractivity contribution in [2.24, 2.45) is 0 Å². The average Bonchev–Trinajstić information content (AvgIpc) is 3.57. The van der Waals surface area contributed by atoms with E-state index < -0.39 is 40.4 Å². The normalized spacial score (nSPS) is 17.1. The number of benzene rings is 1. The number of nitrogens with zero attached hydrogens (tertiary/aromatic N) is 7. The minimum atomic E-state index is -1.67. The van der Waals surface area contributed by atoms with Crippen LogP contribution in [0.25, 0.3) is 22.3 Å². The smallest absolute Gasteiger partial charge is 0.260 e. The Hall–Kier alpha value is -4.00. The first-order valence-electron chi connectivity index (χ1n) is 12.6. The molecule has 0 spiro atoms. The van der Waals surface area contributed by atoms with Crippen LogP contribution in [0.15, 0.2) is 31.0 Å². The molecule has 3 aromatic heterocycles. The van der Waals surface area contributed by atoms with Crippen molar-refractivity contribution in [3.05, 3.63) is 59.8 Å². The highest BCUT2D eigenvalue weighted by Gasteiger charge is 2.38. The van der Waals surface area contributed by atoms with Gasteiger partial charge in [0, 0.05) is 69.7 Å². The Morgan fingerprint density at radius 2 is 1.69 bits per heavy atom. The molecule has 2 saturated heterocycles. The molecule has 4 aromatic rings. The number of aromatic amines is 1. The topological polar surface area (TPSA) is 86.2 Å². The monoisotopic (exact) mass is 542 g/mol. The number of carbonyl (C=O) groups is 1. The van der Waals surface area contributed by atoms with Crippen LogP contribution in [0.5, 0.6) is 0 Å². The van der Waals surface area contributed by atoms with Gasteiger partial charge in [-0.2, -0.15) is 5.10 Å².